The van der Waals surface area contributed by atoms with Gasteiger partial charge in [0.25, 0.3) is 0 Å². The van der Waals surface area contributed by atoms with E-state index < -0.39 is 66.3 Å². The van der Waals surface area contributed by atoms with Gasteiger partial charge in [-0.1, -0.05) is 85.0 Å². The number of rotatable bonds is 8. The van der Waals surface area contributed by atoms with Gasteiger partial charge in [0, 0.05) is 46.2 Å². The zero-order valence-electron chi connectivity index (χ0n) is 30.5. The Labute approximate surface area is 310 Å². The van der Waals surface area contributed by atoms with Gasteiger partial charge in [-0.15, -0.1) is 0 Å². The third-order valence-corrected chi connectivity index (χ3v) is 11.7. The Hall–Kier alpha value is -4.36. The van der Waals surface area contributed by atoms with Crippen LogP contribution < -0.4 is 0 Å². The number of ether oxygens (including phenoxy) is 3. The highest BCUT2D eigenvalue weighted by molar-refractivity contribution is 5.99. The Morgan fingerprint density at radius 2 is 1.64 bits per heavy atom. The van der Waals surface area contributed by atoms with Gasteiger partial charge >= 0.3 is 5.97 Å². The van der Waals surface area contributed by atoms with Crippen molar-refractivity contribution >= 4 is 23.7 Å². The Morgan fingerprint density at radius 3 is 2.36 bits per heavy atom. The quantitative estimate of drug-likeness (QED) is 0.322. The molecule has 0 unspecified atom stereocenters. The lowest BCUT2D eigenvalue weighted by Gasteiger charge is -2.39. The summed E-state index contributed by atoms with van der Waals surface area (Å²) in [6.07, 6.45) is 6.76. The first-order valence-electron chi connectivity index (χ1n) is 18.8. The molecule has 0 aliphatic carbocycles. The van der Waals surface area contributed by atoms with Crippen molar-refractivity contribution in [2.45, 2.75) is 62.1 Å². The summed E-state index contributed by atoms with van der Waals surface area (Å²) in [6.45, 7) is 5.41. The second-order valence-electron chi connectivity index (χ2n) is 14.7. The summed E-state index contributed by atoms with van der Waals surface area (Å²) in [7, 11) is 1.71. The third-order valence-electron chi connectivity index (χ3n) is 11.7. The fourth-order valence-electron chi connectivity index (χ4n) is 8.66. The number of aliphatic hydroxyl groups is 1. The van der Waals surface area contributed by atoms with E-state index in [0.29, 0.717) is 44.7 Å². The molecular weight excluding hydrogens is 676 g/mol. The first-order chi connectivity index (χ1) is 25.7. The van der Waals surface area contributed by atoms with Crippen molar-refractivity contribution in [1.29, 1.82) is 0 Å². The van der Waals surface area contributed by atoms with Gasteiger partial charge in [0.2, 0.25) is 17.7 Å². The van der Waals surface area contributed by atoms with Crippen molar-refractivity contribution in [1.82, 2.24) is 19.6 Å². The van der Waals surface area contributed by atoms with E-state index in [1.165, 1.54) is 4.90 Å². The van der Waals surface area contributed by atoms with Crippen LogP contribution in [0.1, 0.15) is 37.0 Å². The predicted octanol–water partition coefficient (Wildman–Crippen LogP) is 2.38. The summed E-state index contributed by atoms with van der Waals surface area (Å²) >= 11 is 0. The molecule has 282 valence electrons. The van der Waals surface area contributed by atoms with Gasteiger partial charge in [-0.25, -0.2) is 0 Å². The van der Waals surface area contributed by atoms with Crippen LogP contribution in [0.5, 0.6) is 0 Å². The molecule has 3 saturated heterocycles. The van der Waals surface area contributed by atoms with Crippen LogP contribution in [0.3, 0.4) is 0 Å². The van der Waals surface area contributed by atoms with Gasteiger partial charge < -0.3 is 34.0 Å². The minimum absolute atomic E-state index is 0.104. The van der Waals surface area contributed by atoms with Crippen LogP contribution in [0, 0.1) is 11.8 Å². The van der Waals surface area contributed by atoms with Gasteiger partial charge in [0.1, 0.15) is 23.7 Å². The number of fused-ring (bicyclic) bond motifs is 2. The van der Waals surface area contributed by atoms with Crippen molar-refractivity contribution < 1.29 is 38.5 Å². The largest absolute Gasteiger partial charge is 0.455 e. The van der Waals surface area contributed by atoms with Crippen molar-refractivity contribution in [2.75, 3.05) is 59.6 Å². The molecule has 5 aliphatic heterocycles. The van der Waals surface area contributed by atoms with E-state index in [0.717, 1.165) is 18.7 Å². The molecular formula is C41H50N4O8. The van der Waals surface area contributed by atoms with E-state index in [2.05, 4.69) is 4.90 Å². The highest BCUT2D eigenvalue weighted by atomic mass is 16.6. The lowest BCUT2D eigenvalue weighted by Crippen LogP contribution is -2.59. The Kier molecular flexibility index (Phi) is 11.1. The lowest BCUT2D eigenvalue weighted by molar-refractivity contribution is -0.164. The van der Waals surface area contributed by atoms with E-state index >= 15 is 4.79 Å². The molecule has 12 nitrogen and oxygen atoms in total. The molecule has 5 bridgehead atoms. The molecule has 8 atom stereocenters. The summed E-state index contributed by atoms with van der Waals surface area (Å²) in [5.74, 6) is -3.57. The molecule has 1 spiro atoms. The summed E-state index contributed by atoms with van der Waals surface area (Å²) < 4.78 is 18.6. The normalized spacial score (nSPS) is 32.2. The third kappa shape index (κ3) is 7.17. The van der Waals surface area contributed by atoms with E-state index in [4.69, 9.17) is 14.2 Å². The van der Waals surface area contributed by atoms with Gasteiger partial charge in [-0.2, -0.15) is 0 Å². The lowest BCUT2D eigenvalue weighted by atomic mass is 9.74. The Bertz CT molecular complexity index is 1700. The van der Waals surface area contributed by atoms with E-state index in [-0.39, 0.29) is 24.8 Å². The first kappa shape index (κ1) is 37.0. The summed E-state index contributed by atoms with van der Waals surface area (Å²) in [4.78, 5) is 65.2. The second-order valence-corrected chi connectivity index (χ2v) is 14.7. The van der Waals surface area contributed by atoms with Crippen molar-refractivity contribution in [3.8, 4) is 0 Å². The Balaban J connectivity index is 1.30. The predicted molar refractivity (Wildman–Crippen MR) is 195 cm³/mol. The number of carbonyl (C=O) groups excluding carboxylic acids is 4. The van der Waals surface area contributed by atoms with Crippen molar-refractivity contribution in [3.05, 3.63) is 96.1 Å². The number of likely N-dealkylation sites (N-methyl/N-ethyl adjacent to an activating group) is 1. The van der Waals surface area contributed by atoms with Gasteiger partial charge in [0.15, 0.2) is 0 Å². The fraction of sp³-hybridized carbons (Fsp3) is 0.512. The van der Waals surface area contributed by atoms with Crippen LogP contribution in [0.25, 0.3) is 0 Å². The molecule has 1 N–H and O–H groups in total. The molecule has 0 aromatic heterocycles. The number of hydrogen-bond donors (Lipinski definition) is 1. The second kappa shape index (κ2) is 15.9. The molecule has 0 radical (unpaired) electrons. The molecule has 5 aliphatic rings. The molecule has 3 fully saturated rings. The number of morpholine rings is 1. The maximum absolute atomic E-state index is 15.2. The first-order valence-corrected chi connectivity index (χ1v) is 18.8. The monoisotopic (exact) mass is 726 g/mol. The Morgan fingerprint density at radius 1 is 0.925 bits per heavy atom. The van der Waals surface area contributed by atoms with Crippen molar-refractivity contribution in [3.63, 3.8) is 0 Å². The average molecular weight is 727 g/mol. The molecule has 12 heteroatoms. The standard InChI is InChI=1S/C41H50N4O8/c1-28-36(30-14-8-4-9-15-30)52-40(50)34-32-17-18-41(53-32)35(34)38(48)45(31(27-46)26-29-12-6-3-7-13-29)37(41)39(49)44(21-20-43-22-24-51-25-23-43)19-11-5-10-16-33(47)42(28)2/h3-9,11-15,17-18,28,31-32,34-37,46H,10,16,19-27H2,1-2H3/b11-5-/t28-,31+,32+,34-,35-,36+,37+,41-/m0/s1. The van der Waals surface area contributed by atoms with Gasteiger partial charge in [0.05, 0.1) is 43.9 Å². The SMILES string of the molecule is C[C@H]1[C@H](c2ccccc2)OC(=O)[C@@H]2[C@H]3C(=O)N([C@@H](CO)Cc4ccccc4)[C@H](C(=O)N(CCN4CCOCC4)C/C=C\CCC(=O)N1C)[C@]31C=C[C@H]2O1. The summed E-state index contributed by atoms with van der Waals surface area (Å²) in [5.41, 5.74) is 0.172. The van der Waals surface area contributed by atoms with Crippen LogP contribution in [-0.2, 0) is 39.8 Å². The van der Waals surface area contributed by atoms with Crippen LogP contribution in [0.4, 0.5) is 0 Å². The molecule has 2 aromatic rings. The zero-order valence-corrected chi connectivity index (χ0v) is 30.5. The molecule has 7 rings (SSSR count). The van der Waals surface area contributed by atoms with E-state index in [1.54, 1.807) is 29.0 Å². The average Bonchev–Trinajstić information content (AvgIpc) is 3.84. The molecule has 53 heavy (non-hydrogen) atoms. The number of likely N-dealkylation sites (tertiary alicyclic amines) is 1. The smallest absolute Gasteiger partial charge is 0.313 e. The topological polar surface area (TPSA) is 129 Å². The molecule has 5 heterocycles. The van der Waals surface area contributed by atoms with Gasteiger partial charge in [-0.05, 0) is 30.9 Å². The van der Waals surface area contributed by atoms with Crippen LogP contribution in [0.2, 0.25) is 0 Å². The van der Waals surface area contributed by atoms with E-state index in [1.807, 2.05) is 79.7 Å². The van der Waals surface area contributed by atoms with Crippen molar-refractivity contribution in [2.24, 2.45) is 11.8 Å². The highest BCUT2D eigenvalue weighted by Crippen LogP contribution is 2.56. The maximum atomic E-state index is 15.2. The van der Waals surface area contributed by atoms with Crippen LogP contribution >= 0.6 is 0 Å². The van der Waals surface area contributed by atoms with Crippen LogP contribution in [-0.4, -0.2) is 138 Å². The zero-order chi connectivity index (χ0) is 37.1. The number of carbonyl (C=O) groups is 4. The number of allylic oxidation sites excluding steroid dienone is 1. The highest BCUT2D eigenvalue weighted by Gasteiger charge is 2.74. The van der Waals surface area contributed by atoms with Gasteiger partial charge in [-0.3, -0.25) is 24.1 Å². The number of aliphatic hydroxyl groups excluding tert-OH is 1. The number of cyclic esters (lactones) is 1. The maximum Gasteiger partial charge on any atom is 0.313 e. The van der Waals surface area contributed by atoms with Crippen LogP contribution in [0.15, 0.2) is 85.0 Å². The number of benzene rings is 2. The minimum atomic E-state index is -1.44. The number of hydrogen-bond acceptors (Lipinski definition) is 9. The minimum Gasteiger partial charge on any atom is -0.455 e. The number of amides is 3. The summed E-state index contributed by atoms with van der Waals surface area (Å²) in [6, 6.07) is 16.4. The number of esters is 1. The molecule has 2 aromatic carbocycles. The summed E-state index contributed by atoms with van der Waals surface area (Å²) in [5, 5.41) is 10.9. The molecule has 3 amide bonds. The van der Waals surface area contributed by atoms with E-state index in [9.17, 15) is 19.5 Å². The number of nitrogens with zero attached hydrogens (tertiary/aromatic N) is 4. The fourth-order valence-corrected chi connectivity index (χ4v) is 8.66. The molecule has 0 saturated carbocycles.